The van der Waals surface area contributed by atoms with E-state index >= 15 is 0 Å². The molecule has 0 spiro atoms. The molecule has 0 fully saturated rings. The second kappa shape index (κ2) is 4.52. The van der Waals surface area contributed by atoms with Gasteiger partial charge in [0.25, 0.3) is 0 Å². The summed E-state index contributed by atoms with van der Waals surface area (Å²) < 4.78 is 0. The van der Waals surface area contributed by atoms with Crippen molar-refractivity contribution in [2.45, 2.75) is 0 Å². The molecule has 0 radical (unpaired) electrons. The number of hydrogen-bond acceptors (Lipinski definition) is 1. The summed E-state index contributed by atoms with van der Waals surface area (Å²) in [6.45, 7) is 0. The lowest BCUT2D eigenvalue weighted by molar-refractivity contribution is 0.615. The zero-order valence-corrected chi connectivity index (χ0v) is 8.91. The Kier molecular flexibility index (Phi) is 3.09. The highest BCUT2D eigenvalue weighted by Crippen LogP contribution is 2.21. The maximum Gasteiger partial charge on any atom is 0.304 e. The first kappa shape index (κ1) is 10.3. The number of rotatable bonds is 2. The normalized spacial score (nSPS) is 10.0. The third-order valence-electron chi connectivity index (χ3n) is 2.29. The molecule has 0 saturated carbocycles. The van der Waals surface area contributed by atoms with Crippen molar-refractivity contribution in [1.82, 2.24) is 0 Å². The van der Waals surface area contributed by atoms with Gasteiger partial charge < -0.3 is 5.02 Å². The van der Waals surface area contributed by atoms with E-state index in [1.165, 1.54) is 0 Å². The van der Waals surface area contributed by atoms with Crippen molar-refractivity contribution in [2.24, 2.45) is 0 Å². The van der Waals surface area contributed by atoms with Gasteiger partial charge in [0.1, 0.15) is 0 Å². The van der Waals surface area contributed by atoms with Crippen molar-refractivity contribution in [2.75, 3.05) is 0 Å². The van der Waals surface area contributed by atoms with Gasteiger partial charge in [-0.15, -0.1) is 0 Å². The van der Waals surface area contributed by atoms with Gasteiger partial charge in [0.15, 0.2) is 0 Å². The molecule has 0 aliphatic carbocycles. The van der Waals surface area contributed by atoms with Crippen molar-refractivity contribution in [3.8, 4) is 11.1 Å². The molecule has 0 aromatic heterocycles. The first-order valence-corrected chi connectivity index (χ1v) is 5.13. The molecule has 2 aromatic rings. The fourth-order valence-corrected chi connectivity index (χ4v) is 1.66. The van der Waals surface area contributed by atoms with Crippen LogP contribution >= 0.6 is 11.6 Å². The molecule has 0 unspecified atom stereocenters. The van der Waals surface area contributed by atoms with Crippen LogP contribution in [0.25, 0.3) is 11.1 Å². The minimum absolute atomic E-state index is 0.0792. The Labute approximate surface area is 94.6 Å². The third-order valence-corrected chi connectivity index (χ3v) is 2.53. The predicted molar refractivity (Wildman–Crippen MR) is 65.9 cm³/mol. The standard InChI is InChI=1S/C12H10BClO/c14-12-3-1-2-10(8-12)9-4-6-11(13-15)7-5-9/h1-8,13,15H. The van der Waals surface area contributed by atoms with Crippen molar-refractivity contribution in [3.63, 3.8) is 0 Å². The lowest BCUT2D eigenvalue weighted by atomic mass is 9.87. The molecule has 1 N–H and O–H groups in total. The van der Waals surface area contributed by atoms with Gasteiger partial charge in [-0.1, -0.05) is 53.5 Å². The minimum atomic E-state index is 0.0792. The Morgan fingerprint density at radius 1 is 0.933 bits per heavy atom. The number of hydrogen-bond donors (Lipinski definition) is 1. The lowest BCUT2D eigenvalue weighted by Gasteiger charge is -2.02. The third kappa shape index (κ3) is 2.41. The summed E-state index contributed by atoms with van der Waals surface area (Å²) >= 11 is 5.91. The average Bonchev–Trinajstić information content (AvgIpc) is 2.29. The van der Waals surface area contributed by atoms with E-state index in [0.29, 0.717) is 0 Å². The van der Waals surface area contributed by atoms with Crippen molar-refractivity contribution >= 4 is 24.5 Å². The van der Waals surface area contributed by atoms with E-state index in [1.807, 2.05) is 48.5 Å². The lowest BCUT2D eigenvalue weighted by Crippen LogP contribution is -2.11. The molecule has 0 bridgehead atoms. The number of benzene rings is 2. The first-order valence-electron chi connectivity index (χ1n) is 4.75. The van der Waals surface area contributed by atoms with Crippen molar-refractivity contribution < 1.29 is 5.02 Å². The van der Waals surface area contributed by atoms with Gasteiger partial charge in [0, 0.05) is 5.02 Å². The van der Waals surface area contributed by atoms with Gasteiger partial charge in [-0.3, -0.25) is 0 Å². The first-order chi connectivity index (χ1) is 7.29. The van der Waals surface area contributed by atoms with E-state index in [1.54, 1.807) is 0 Å². The van der Waals surface area contributed by atoms with Gasteiger partial charge in [-0.2, -0.15) is 0 Å². The van der Waals surface area contributed by atoms with Gasteiger partial charge in [0.05, 0.1) is 0 Å². The molecule has 0 aliphatic rings. The summed E-state index contributed by atoms with van der Waals surface area (Å²) in [6, 6.07) is 15.5. The smallest absolute Gasteiger partial charge is 0.304 e. The molecule has 0 amide bonds. The summed E-state index contributed by atoms with van der Waals surface area (Å²) in [5, 5.41) is 9.66. The highest BCUT2D eigenvalue weighted by molar-refractivity contribution is 6.45. The Hall–Kier alpha value is -1.25. The van der Waals surface area contributed by atoms with E-state index in [9.17, 15) is 0 Å². The van der Waals surface area contributed by atoms with Crippen LogP contribution < -0.4 is 5.46 Å². The second-order valence-electron chi connectivity index (χ2n) is 3.37. The average molecular weight is 216 g/mol. The maximum absolute atomic E-state index is 8.92. The quantitative estimate of drug-likeness (QED) is 0.761. The largest absolute Gasteiger partial charge is 0.449 e. The van der Waals surface area contributed by atoms with E-state index in [4.69, 9.17) is 16.6 Å². The molecule has 15 heavy (non-hydrogen) atoms. The molecule has 74 valence electrons. The SMILES string of the molecule is OBc1ccc(-c2cccc(Cl)c2)cc1. The molecule has 3 heteroatoms. The van der Waals surface area contributed by atoms with Gasteiger partial charge in [0.2, 0.25) is 0 Å². The summed E-state index contributed by atoms with van der Waals surface area (Å²) in [6.07, 6.45) is 0. The maximum atomic E-state index is 8.92. The minimum Gasteiger partial charge on any atom is -0.449 e. The molecule has 2 rings (SSSR count). The highest BCUT2D eigenvalue weighted by atomic mass is 35.5. The summed E-state index contributed by atoms with van der Waals surface area (Å²) in [4.78, 5) is 0. The summed E-state index contributed by atoms with van der Waals surface area (Å²) in [5.74, 6) is 0. The van der Waals surface area contributed by atoms with Crippen LogP contribution in [-0.4, -0.2) is 12.5 Å². The van der Waals surface area contributed by atoms with Crippen molar-refractivity contribution in [1.29, 1.82) is 0 Å². The van der Waals surface area contributed by atoms with Crippen LogP contribution in [0, 0.1) is 0 Å². The molecule has 0 aliphatic heterocycles. The highest BCUT2D eigenvalue weighted by Gasteiger charge is 1.98. The van der Waals surface area contributed by atoms with Gasteiger partial charge in [-0.25, -0.2) is 0 Å². The van der Waals surface area contributed by atoms with Crippen LogP contribution in [0.1, 0.15) is 0 Å². The molecule has 1 nitrogen and oxygen atoms in total. The van der Waals surface area contributed by atoms with Crippen LogP contribution in [0.5, 0.6) is 0 Å². The van der Waals surface area contributed by atoms with Gasteiger partial charge in [-0.05, 0) is 23.3 Å². The fraction of sp³-hybridized carbons (Fsp3) is 0. The zero-order valence-electron chi connectivity index (χ0n) is 8.15. The Balaban J connectivity index is 2.37. The van der Waals surface area contributed by atoms with E-state index < -0.39 is 0 Å². The summed E-state index contributed by atoms with van der Waals surface area (Å²) in [5.41, 5.74) is 3.11. The van der Waals surface area contributed by atoms with Crippen LogP contribution in [0.2, 0.25) is 5.02 Å². The monoisotopic (exact) mass is 216 g/mol. The van der Waals surface area contributed by atoms with Crippen LogP contribution in [-0.2, 0) is 0 Å². The van der Waals surface area contributed by atoms with Crippen LogP contribution in [0.15, 0.2) is 48.5 Å². The Morgan fingerprint density at radius 3 is 2.27 bits per heavy atom. The van der Waals surface area contributed by atoms with E-state index in [-0.39, 0.29) is 7.48 Å². The van der Waals surface area contributed by atoms with E-state index in [0.717, 1.165) is 21.6 Å². The Morgan fingerprint density at radius 2 is 1.67 bits per heavy atom. The summed E-state index contributed by atoms with van der Waals surface area (Å²) in [7, 11) is 0.0792. The number of halogens is 1. The molecule has 0 atom stereocenters. The molecule has 0 saturated heterocycles. The zero-order chi connectivity index (χ0) is 10.7. The molecular weight excluding hydrogens is 206 g/mol. The topological polar surface area (TPSA) is 20.2 Å². The van der Waals surface area contributed by atoms with Crippen molar-refractivity contribution in [3.05, 3.63) is 53.6 Å². The molecule has 2 aromatic carbocycles. The predicted octanol–water partition coefficient (Wildman–Crippen LogP) is 1.98. The molecule has 0 heterocycles. The van der Waals surface area contributed by atoms with E-state index in [2.05, 4.69) is 0 Å². The second-order valence-corrected chi connectivity index (χ2v) is 3.80. The Bertz CT molecular complexity index is 453. The molecular formula is C12H10BClO. The van der Waals surface area contributed by atoms with Gasteiger partial charge >= 0.3 is 7.48 Å². The fourth-order valence-electron chi connectivity index (χ4n) is 1.47. The van der Waals surface area contributed by atoms with Crippen LogP contribution in [0.4, 0.5) is 0 Å². The van der Waals surface area contributed by atoms with Crippen LogP contribution in [0.3, 0.4) is 0 Å².